The van der Waals surface area contributed by atoms with Crippen LogP contribution in [-0.4, -0.2) is 36.8 Å². The Kier molecular flexibility index (Phi) is 25.2. The van der Waals surface area contributed by atoms with Gasteiger partial charge in [0.15, 0.2) is 0 Å². The molecule has 2 heteroatoms. The molecule has 0 aliphatic carbocycles. The second-order valence-electron chi connectivity index (χ2n) is 12.2. The summed E-state index contributed by atoms with van der Waals surface area (Å²) >= 11 is -4.35. The zero-order chi connectivity index (χ0) is 28.5. The van der Waals surface area contributed by atoms with Gasteiger partial charge in [0.25, 0.3) is 0 Å². The van der Waals surface area contributed by atoms with E-state index in [-0.39, 0.29) is 0 Å². The van der Waals surface area contributed by atoms with E-state index >= 15 is 0 Å². The van der Waals surface area contributed by atoms with Gasteiger partial charge in [-0.05, 0) is 0 Å². The molecule has 0 aromatic carbocycles. The van der Waals surface area contributed by atoms with Crippen molar-refractivity contribution in [3.05, 3.63) is 55.8 Å². The summed E-state index contributed by atoms with van der Waals surface area (Å²) in [6.45, 7) is 18.8. The molecule has 0 fully saturated rings. The molecular formula is C36H68Sn2. The van der Waals surface area contributed by atoms with Crippen LogP contribution in [0.4, 0.5) is 0 Å². The zero-order valence-electron chi connectivity index (χ0n) is 27.3. The summed E-state index contributed by atoms with van der Waals surface area (Å²) in [7, 11) is 0. The Bertz CT molecular complexity index is 603. The van der Waals surface area contributed by atoms with Gasteiger partial charge in [0.05, 0.1) is 0 Å². The van der Waals surface area contributed by atoms with Gasteiger partial charge in [0, 0.05) is 0 Å². The monoisotopic (exact) mass is 740 g/mol. The van der Waals surface area contributed by atoms with Gasteiger partial charge < -0.3 is 0 Å². The molecule has 0 radical (unpaired) electrons. The van der Waals surface area contributed by atoms with E-state index in [1.165, 1.54) is 88.2 Å². The van der Waals surface area contributed by atoms with Gasteiger partial charge in [0.2, 0.25) is 0 Å². The molecule has 0 amide bonds. The molecule has 0 aliphatic rings. The number of unbranched alkanes of at least 4 members (excludes halogenated alkanes) is 6. The Hall–Kier alpha value is 0.297. The van der Waals surface area contributed by atoms with Crippen molar-refractivity contribution < 1.29 is 0 Å². The molecule has 0 nitrogen and oxygen atoms in total. The number of allylic oxidation sites excluding steroid dienone is 8. The van der Waals surface area contributed by atoms with Gasteiger partial charge in [-0.2, -0.15) is 0 Å². The van der Waals surface area contributed by atoms with Gasteiger partial charge in [-0.15, -0.1) is 0 Å². The standard InChI is InChI=1S/C12H14.6C4H9.2Sn/c1-5-11(3)9-7-8-10-12(4)6-2;6*1-3-4-2;;/h1-2,5-10H,3-4H3;6*1,3-4H2,2H3;;/b5-1?,6-2?,8-7+,11-9+,12-10+;;;;;;;;. The predicted octanol–water partition coefficient (Wildman–Crippen LogP) is 13.3. The number of rotatable bonds is 24. The number of hydrogen-bond donors (Lipinski definition) is 0. The van der Waals surface area contributed by atoms with Crippen LogP contribution >= 0.6 is 0 Å². The van der Waals surface area contributed by atoms with Gasteiger partial charge in [-0.25, -0.2) is 0 Å². The maximum atomic E-state index is 2.80. The topological polar surface area (TPSA) is 0 Å². The molecule has 0 atom stereocenters. The zero-order valence-corrected chi connectivity index (χ0v) is 33.1. The second kappa shape index (κ2) is 25.0. The van der Waals surface area contributed by atoms with Crippen LogP contribution in [0.5, 0.6) is 0 Å². The molecule has 0 heterocycles. The van der Waals surface area contributed by atoms with Crippen molar-refractivity contribution in [1.82, 2.24) is 0 Å². The van der Waals surface area contributed by atoms with E-state index in [1.807, 2.05) is 0 Å². The molecule has 0 bridgehead atoms. The summed E-state index contributed by atoms with van der Waals surface area (Å²) in [6, 6.07) is 0. The van der Waals surface area contributed by atoms with Gasteiger partial charge in [-0.3, -0.25) is 0 Å². The quantitative estimate of drug-likeness (QED) is 0.0683. The molecule has 0 unspecified atom stereocenters. The molecule has 0 aromatic rings. The first-order valence-electron chi connectivity index (χ1n) is 16.8. The van der Waals surface area contributed by atoms with Crippen molar-refractivity contribution in [2.75, 3.05) is 0 Å². The Morgan fingerprint density at radius 3 is 0.868 bits per heavy atom. The summed E-state index contributed by atoms with van der Waals surface area (Å²) in [4.78, 5) is 0. The second-order valence-corrected chi connectivity index (χ2v) is 38.2. The van der Waals surface area contributed by atoms with Crippen LogP contribution in [-0.2, 0) is 0 Å². The normalized spacial score (nSPS) is 14.1. The molecule has 0 saturated carbocycles. The average Bonchev–Trinajstić information content (AvgIpc) is 2.93. The van der Waals surface area contributed by atoms with Crippen molar-refractivity contribution in [3.63, 3.8) is 0 Å². The van der Waals surface area contributed by atoms with E-state index in [2.05, 4.69) is 100 Å². The minimum absolute atomic E-state index is 1.35. The summed E-state index contributed by atoms with van der Waals surface area (Å²) in [5.74, 6) is 0. The van der Waals surface area contributed by atoms with E-state index in [9.17, 15) is 0 Å². The molecule has 0 aliphatic heterocycles. The van der Waals surface area contributed by atoms with E-state index in [1.54, 1.807) is 26.6 Å². The van der Waals surface area contributed by atoms with Crippen molar-refractivity contribution in [1.29, 1.82) is 0 Å². The fraction of sp³-hybridized carbons (Fsp3) is 0.722. The van der Waals surface area contributed by atoms with Gasteiger partial charge >= 0.3 is 252 Å². The fourth-order valence-electron chi connectivity index (χ4n) is 5.57. The van der Waals surface area contributed by atoms with Crippen molar-refractivity contribution in [3.8, 4) is 0 Å². The van der Waals surface area contributed by atoms with Crippen LogP contribution in [0.3, 0.4) is 0 Å². The maximum absolute atomic E-state index is 2.80. The average molecular weight is 738 g/mol. The van der Waals surface area contributed by atoms with Gasteiger partial charge in [-0.1, -0.05) is 0 Å². The summed E-state index contributed by atoms with van der Waals surface area (Å²) in [6.07, 6.45) is 30.9. The first-order valence-corrected chi connectivity index (χ1v) is 32.2. The van der Waals surface area contributed by atoms with E-state index < -0.39 is 36.8 Å². The van der Waals surface area contributed by atoms with Gasteiger partial charge in [0.1, 0.15) is 0 Å². The summed E-state index contributed by atoms with van der Waals surface area (Å²) < 4.78 is 14.9. The molecular weight excluding hydrogens is 670 g/mol. The molecule has 0 aromatic heterocycles. The third-order valence-electron chi connectivity index (χ3n) is 8.40. The Morgan fingerprint density at radius 1 is 0.421 bits per heavy atom. The number of hydrogen-bond acceptors (Lipinski definition) is 0. The van der Waals surface area contributed by atoms with Crippen LogP contribution in [0.25, 0.3) is 0 Å². The first-order chi connectivity index (χ1) is 18.4. The molecule has 0 N–H and O–H groups in total. The van der Waals surface area contributed by atoms with Crippen LogP contribution in [0, 0.1) is 0 Å². The first kappa shape index (κ1) is 38.3. The molecule has 220 valence electrons. The van der Waals surface area contributed by atoms with Crippen molar-refractivity contribution >= 4 is 36.8 Å². The van der Waals surface area contributed by atoms with Crippen molar-refractivity contribution in [2.24, 2.45) is 0 Å². The summed E-state index contributed by atoms with van der Waals surface area (Å²) in [5.41, 5.74) is 2.84. The molecule has 0 rings (SSSR count). The Balaban J connectivity index is 5.50. The third-order valence-corrected chi connectivity index (χ3v) is 36.5. The summed E-state index contributed by atoms with van der Waals surface area (Å²) in [5, 5.41) is 0. The van der Waals surface area contributed by atoms with E-state index in [0.29, 0.717) is 0 Å². The van der Waals surface area contributed by atoms with E-state index in [0.717, 1.165) is 0 Å². The molecule has 0 saturated heterocycles. The van der Waals surface area contributed by atoms with Crippen LogP contribution in [0.1, 0.15) is 132 Å². The minimum atomic E-state index is -2.18. The third kappa shape index (κ3) is 18.6. The van der Waals surface area contributed by atoms with Crippen LogP contribution in [0.2, 0.25) is 26.6 Å². The van der Waals surface area contributed by atoms with Crippen molar-refractivity contribution in [2.45, 2.75) is 159 Å². The fourth-order valence-corrected chi connectivity index (χ4v) is 34.3. The molecule has 38 heavy (non-hydrogen) atoms. The predicted molar refractivity (Wildman–Crippen MR) is 185 cm³/mol. The molecule has 0 spiro atoms. The SMILES string of the molecule is CCC[CH2][Sn](/[CH]=C/C(C)=C/C=C/C=C(C)/C=[CH]/[Sn]([CH2]CCC)([CH2]CCC)[CH2]CCC)([CH2]CCC)[CH2]CCC. The van der Waals surface area contributed by atoms with Crippen LogP contribution < -0.4 is 0 Å². The van der Waals surface area contributed by atoms with Crippen LogP contribution in [0.15, 0.2) is 55.8 Å². The Labute approximate surface area is 249 Å². The Morgan fingerprint density at radius 2 is 0.658 bits per heavy atom. The van der Waals surface area contributed by atoms with E-state index in [4.69, 9.17) is 0 Å².